The summed E-state index contributed by atoms with van der Waals surface area (Å²) in [6, 6.07) is 17.1. The number of amides is 3. The van der Waals surface area contributed by atoms with E-state index in [9.17, 15) is 14.4 Å². The van der Waals surface area contributed by atoms with Crippen molar-refractivity contribution in [3.05, 3.63) is 60.2 Å². The first-order valence-electron chi connectivity index (χ1n) is 15.4. The number of hydrogen-bond donors (Lipinski definition) is 2. The zero-order valence-electron chi connectivity index (χ0n) is 26.2. The highest BCUT2D eigenvalue weighted by atomic mass is 16.6. The average molecular weight is 631 g/mol. The Balaban J connectivity index is 0.968. The number of carbonyl (C=O) groups excluding carboxylic acids is 3. The second-order valence-electron chi connectivity index (χ2n) is 12.4. The van der Waals surface area contributed by atoms with Crippen molar-refractivity contribution in [3.63, 3.8) is 0 Å². The minimum Gasteiger partial charge on any atom is -0.480 e. The van der Waals surface area contributed by atoms with Crippen molar-refractivity contribution in [3.8, 4) is 22.9 Å². The number of fused-ring (bicyclic) bond motifs is 1. The van der Waals surface area contributed by atoms with Crippen LogP contribution in [0.4, 0.5) is 21.2 Å². The number of likely N-dealkylation sites (tertiary alicyclic amines) is 1. The molecule has 242 valence electrons. The topological polar surface area (TPSA) is 144 Å². The Morgan fingerprint density at radius 1 is 1.11 bits per heavy atom. The van der Waals surface area contributed by atoms with E-state index < -0.39 is 11.7 Å². The fraction of sp³-hybridized carbons (Fsp3) is 0.424. The first-order valence-corrected chi connectivity index (χ1v) is 15.4. The third kappa shape index (κ3) is 7.48. The van der Waals surface area contributed by atoms with Gasteiger partial charge in [0, 0.05) is 24.7 Å². The molecule has 2 aromatic heterocycles. The van der Waals surface area contributed by atoms with Gasteiger partial charge in [-0.25, -0.2) is 19.6 Å². The number of anilines is 2. The normalized spacial score (nSPS) is 19.0. The molecule has 13 heteroatoms. The Labute approximate surface area is 267 Å². The summed E-state index contributed by atoms with van der Waals surface area (Å²) in [6.45, 7) is 8.15. The van der Waals surface area contributed by atoms with Crippen LogP contribution in [0.2, 0.25) is 0 Å². The van der Waals surface area contributed by atoms with Gasteiger partial charge in [0.1, 0.15) is 24.1 Å². The molecule has 2 fully saturated rings. The maximum atomic E-state index is 12.5. The van der Waals surface area contributed by atoms with Gasteiger partial charge in [-0.05, 0) is 70.0 Å². The van der Waals surface area contributed by atoms with Gasteiger partial charge in [-0.15, -0.1) is 0 Å². The van der Waals surface area contributed by atoms with E-state index >= 15 is 0 Å². The molecule has 0 spiro atoms. The second kappa shape index (κ2) is 13.2. The Kier molecular flexibility index (Phi) is 8.93. The Hall–Kier alpha value is -4.91. The van der Waals surface area contributed by atoms with Gasteiger partial charge in [-0.1, -0.05) is 24.3 Å². The standard InChI is InChI=1S/C33H38N6O7/c1-33(2,3)46-32(42)38-15-13-23(38)19-44-29-9-5-8-25(35-29)22-7-4-6-21(16-22)17-34-14-12-24-18-39(31(41)45-24)27-11-10-26-30(36-27)37-28(40)20-43-26/h4-11,16,23-24,34H,12-15,17-20H2,1-3H3,(H,36,37,40). The summed E-state index contributed by atoms with van der Waals surface area (Å²) in [6.07, 6.45) is 0.400. The maximum absolute atomic E-state index is 12.5. The third-order valence-corrected chi connectivity index (χ3v) is 7.72. The molecule has 3 aromatic rings. The third-order valence-electron chi connectivity index (χ3n) is 7.72. The van der Waals surface area contributed by atoms with E-state index in [1.165, 1.54) is 4.90 Å². The molecule has 3 amide bonds. The lowest BCUT2D eigenvalue weighted by Crippen LogP contribution is -2.55. The van der Waals surface area contributed by atoms with Gasteiger partial charge >= 0.3 is 12.2 Å². The number of cyclic esters (lactones) is 1. The summed E-state index contributed by atoms with van der Waals surface area (Å²) in [5, 5.41) is 6.09. The van der Waals surface area contributed by atoms with Crippen LogP contribution < -0.4 is 25.0 Å². The van der Waals surface area contributed by atoms with Gasteiger partial charge in [0.2, 0.25) is 5.88 Å². The fourth-order valence-electron chi connectivity index (χ4n) is 5.31. The van der Waals surface area contributed by atoms with Crippen molar-refractivity contribution in [2.75, 3.05) is 43.1 Å². The first-order chi connectivity index (χ1) is 22.1. The number of carbonyl (C=O) groups is 3. The SMILES string of the molecule is CC(C)(C)OC(=O)N1CCC1COc1cccc(-c2cccc(CNCCC3CN(c4ccc5c(n4)NC(=O)CO5)C(=O)O3)c2)n1. The first kappa shape index (κ1) is 31.1. The summed E-state index contributed by atoms with van der Waals surface area (Å²) in [4.78, 5) is 48.8. The molecular formula is C33H38N6O7. The monoisotopic (exact) mass is 630 g/mol. The van der Waals surface area contributed by atoms with Crippen molar-refractivity contribution >= 4 is 29.7 Å². The van der Waals surface area contributed by atoms with E-state index in [-0.39, 0.29) is 30.8 Å². The molecular weight excluding hydrogens is 592 g/mol. The van der Waals surface area contributed by atoms with Crippen LogP contribution in [0.3, 0.4) is 0 Å². The highest BCUT2D eigenvalue weighted by molar-refractivity contribution is 5.95. The van der Waals surface area contributed by atoms with Crippen molar-refractivity contribution < 1.29 is 33.3 Å². The van der Waals surface area contributed by atoms with E-state index in [0.717, 1.165) is 23.2 Å². The van der Waals surface area contributed by atoms with Crippen molar-refractivity contribution in [2.45, 2.75) is 57.9 Å². The molecule has 2 atom stereocenters. The number of aromatic nitrogens is 2. The molecule has 0 radical (unpaired) electrons. The molecule has 46 heavy (non-hydrogen) atoms. The summed E-state index contributed by atoms with van der Waals surface area (Å²) >= 11 is 0. The number of rotatable bonds is 10. The van der Waals surface area contributed by atoms with Crippen molar-refractivity contribution in [2.24, 2.45) is 0 Å². The van der Waals surface area contributed by atoms with Crippen LogP contribution in [0.15, 0.2) is 54.6 Å². The van der Waals surface area contributed by atoms with Gasteiger partial charge in [0.25, 0.3) is 5.91 Å². The van der Waals surface area contributed by atoms with Crippen LogP contribution in [0.1, 0.15) is 39.2 Å². The zero-order valence-corrected chi connectivity index (χ0v) is 26.2. The van der Waals surface area contributed by atoms with Gasteiger partial charge in [0.15, 0.2) is 18.2 Å². The second-order valence-corrected chi connectivity index (χ2v) is 12.4. The van der Waals surface area contributed by atoms with Gasteiger partial charge < -0.3 is 34.5 Å². The van der Waals surface area contributed by atoms with E-state index in [4.69, 9.17) is 23.9 Å². The Morgan fingerprint density at radius 2 is 1.96 bits per heavy atom. The fourth-order valence-corrected chi connectivity index (χ4v) is 5.31. The van der Waals surface area contributed by atoms with Crippen molar-refractivity contribution in [1.82, 2.24) is 20.2 Å². The van der Waals surface area contributed by atoms with Crippen LogP contribution in [0, 0.1) is 0 Å². The lowest BCUT2D eigenvalue weighted by Gasteiger charge is -2.40. The molecule has 13 nitrogen and oxygen atoms in total. The summed E-state index contributed by atoms with van der Waals surface area (Å²) in [5.74, 6) is 1.37. The number of nitrogens with zero attached hydrogens (tertiary/aromatic N) is 4. The molecule has 5 heterocycles. The number of nitrogens with one attached hydrogen (secondary N) is 2. The van der Waals surface area contributed by atoms with E-state index in [1.807, 2.05) is 57.2 Å². The van der Waals surface area contributed by atoms with Crippen molar-refractivity contribution in [1.29, 1.82) is 0 Å². The molecule has 0 aliphatic carbocycles. The van der Waals surface area contributed by atoms with E-state index in [2.05, 4.69) is 21.7 Å². The predicted octanol–water partition coefficient (Wildman–Crippen LogP) is 4.37. The summed E-state index contributed by atoms with van der Waals surface area (Å²) < 4.78 is 22.4. The van der Waals surface area contributed by atoms with Crippen LogP contribution in [-0.4, -0.2) is 83.6 Å². The quantitative estimate of drug-likeness (QED) is 0.310. The lowest BCUT2D eigenvalue weighted by atomic mass is 10.1. The van der Waals surface area contributed by atoms with Crippen LogP contribution in [0.5, 0.6) is 11.6 Å². The number of ether oxygens (including phenoxy) is 4. The molecule has 0 bridgehead atoms. The Morgan fingerprint density at radius 3 is 2.76 bits per heavy atom. The van der Waals surface area contributed by atoms with E-state index in [0.29, 0.717) is 62.5 Å². The largest absolute Gasteiger partial charge is 0.480 e. The van der Waals surface area contributed by atoms with Crippen LogP contribution in [-0.2, 0) is 20.8 Å². The number of benzene rings is 1. The number of hydrogen-bond acceptors (Lipinski definition) is 10. The minimum atomic E-state index is -0.537. The highest BCUT2D eigenvalue weighted by Crippen LogP contribution is 2.30. The van der Waals surface area contributed by atoms with E-state index in [1.54, 1.807) is 17.0 Å². The highest BCUT2D eigenvalue weighted by Gasteiger charge is 2.36. The molecule has 0 saturated carbocycles. The molecule has 6 rings (SSSR count). The molecule has 2 N–H and O–H groups in total. The molecule has 3 aliphatic heterocycles. The molecule has 2 saturated heterocycles. The Bertz CT molecular complexity index is 1610. The minimum absolute atomic E-state index is 0.0369. The van der Waals surface area contributed by atoms with Gasteiger partial charge in [-0.3, -0.25) is 9.69 Å². The molecule has 2 unspecified atom stereocenters. The van der Waals surface area contributed by atoms with Crippen LogP contribution in [0.25, 0.3) is 11.3 Å². The smallest absolute Gasteiger partial charge is 0.415 e. The van der Waals surface area contributed by atoms with Gasteiger partial charge in [0.05, 0.1) is 18.3 Å². The maximum Gasteiger partial charge on any atom is 0.415 e. The van der Waals surface area contributed by atoms with Gasteiger partial charge in [-0.2, -0.15) is 0 Å². The average Bonchev–Trinajstić information content (AvgIpc) is 3.38. The van der Waals surface area contributed by atoms with Crippen LogP contribution >= 0.6 is 0 Å². The number of pyridine rings is 2. The molecule has 1 aromatic carbocycles. The zero-order chi connectivity index (χ0) is 32.3. The summed E-state index contributed by atoms with van der Waals surface area (Å²) in [5.41, 5.74) is 2.30. The predicted molar refractivity (Wildman–Crippen MR) is 169 cm³/mol. The molecule has 3 aliphatic rings. The summed E-state index contributed by atoms with van der Waals surface area (Å²) in [7, 11) is 0. The lowest BCUT2D eigenvalue weighted by molar-refractivity contribution is -0.118.